The van der Waals surface area contributed by atoms with Crippen molar-refractivity contribution in [2.24, 2.45) is 0 Å². The molecule has 0 unspecified atom stereocenters. The molecule has 1 aromatic carbocycles. The number of hydrogen-bond acceptors (Lipinski definition) is 4. The van der Waals surface area contributed by atoms with Gasteiger partial charge in [0.15, 0.2) is 11.5 Å². The van der Waals surface area contributed by atoms with Gasteiger partial charge in [0.25, 0.3) is 11.8 Å². The van der Waals surface area contributed by atoms with Crippen LogP contribution in [-0.4, -0.2) is 45.6 Å². The Kier molecular flexibility index (Phi) is 5.87. The molecule has 2 aromatic heterocycles. The van der Waals surface area contributed by atoms with Gasteiger partial charge in [-0.25, -0.2) is 4.68 Å². The van der Waals surface area contributed by atoms with Crippen molar-refractivity contribution in [2.75, 3.05) is 13.1 Å². The number of fused-ring (bicyclic) bond motifs is 1. The Morgan fingerprint density at radius 2 is 1.91 bits per heavy atom. The molecule has 1 fully saturated rings. The summed E-state index contributed by atoms with van der Waals surface area (Å²) in [6, 6.07) is 11.4. The zero-order valence-electron chi connectivity index (χ0n) is 17.7. The summed E-state index contributed by atoms with van der Waals surface area (Å²) >= 11 is 3.53. The summed E-state index contributed by atoms with van der Waals surface area (Å²) in [6.45, 7) is 1.18. The van der Waals surface area contributed by atoms with Crippen LogP contribution >= 0.6 is 15.9 Å². The highest BCUT2D eigenvalue weighted by Gasteiger charge is 2.29. The normalized spacial score (nSPS) is 16.6. The van der Waals surface area contributed by atoms with Crippen LogP contribution in [0.5, 0.6) is 0 Å². The van der Waals surface area contributed by atoms with Crippen molar-refractivity contribution in [1.82, 2.24) is 20.0 Å². The number of piperidine rings is 1. The average molecular weight is 497 g/mol. The van der Waals surface area contributed by atoms with Crippen LogP contribution in [0.25, 0.3) is 5.69 Å². The first kappa shape index (κ1) is 21.0. The smallest absolute Gasteiger partial charge is 0.289 e. The second-order valence-corrected chi connectivity index (χ2v) is 9.31. The molecule has 7 nitrogen and oxygen atoms in total. The highest BCUT2D eigenvalue weighted by Crippen LogP contribution is 2.28. The van der Waals surface area contributed by atoms with E-state index in [-0.39, 0.29) is 17.9 Å². The van der Waals surface area contributed by atoms with Gasteiger partial charge in [-0.15, -0.1) is 0 Å². The summed E-state index contributed by atoms with van der Waals surface area (Å²) in [5.41, 5.74) is 3.70. The van der Waals surface area contributed by atoms with E-state index in [4.69, 9.17) is 9.52 Å². The molecule has 8 heteroatoms. The van der Waals surface area contributed by atoms with Crippen molar-refractivity contribution in [3.8, 4) is 5.69 Å². The molecule has 3 heterocycles. The molecule has 0 bridgehead atoms. The lowest BCUT2D eigenvalue weighted by atomic mass is 9.95. The molecule has 32 heavy (non-hydrogen) atoms. The standard InChI is InChI=1S/C24H25BrN4O3/c25-16-5-3-6-18(15-16)29-20-8-2-1-7-19(20)22(27-29)23(30)26-17-10-12-28(13-11-17)24(31)21-9-4-14-32-21/h3-6,9,14-15,17H,1-2,7-8,10-13H2,(H,26,30). The highest BCUT2D eigenvalue weighted by atomic mass is 79.9. The fourth-order valence-corrected chi connectivity index (χ4v) is 5.03. The summed E-state index contributed by atoms with van der Waals surface area (Å²) in [5, 5.41) is 7.92. The Balaban J connectivity index is 1.29. The van der Waals surface area contributed by atoms with E-state index in [0.717, 1.165) is 47.1 Å². The van der Waals surface area contributed by atoms with Gasteiger partial charge in [0, 0.05) is 34.9 Å². The maximum Gasteiger partial charge on any atom is 0.289 e. The number of halogens is 1. The zero-order chi connectivity index (χ0) is 22.1. The van der Waals surface area contributed by atoms with Gasteiger partial charge in [-0.05, 0) is 68.9 Å². The molecule has 0 atom stereocenters. The monoisotopic (exact) mass is 496 g/mol. The summed E-state index contributed by atoms with van der Waals surface area (Å²) in [4.78, 5) is 27.5. The van der Waals surface area contributed by atoms with E-state index in [0.29, 0.717) is 37.4 Å². The molecule has 0 spiro atoms. The van der Waals surface area contributed by atoms with Crippen molar-refractivity contribution in [3.63, 3.8) is 0 Å². The molecule has 2 amide bonds. The third kappa shape index (κ3) is 4.11. The van der Waals surface area contributed by atoms with E-state index in [2.05, 4.69) is 21.2 Å². The number of carbonyl (C=O) groups excluding carboxylic acids is 2. The van der Waals surface area contributed by atoms with Crippen LogP contribution in [0.2, 0.25) is 0 Å². The van der Waals surface area contributed by atoms with Gasteiger partial charge in [-0.2, -0.15) is 5.10 Å². The molecule has 2 aliphatic rings. The quantitative estimate of drug-likeness (QED) is 0.588. The van der Waals surface area contributed by atoms with Crippen molar-refractivity contribution in [1.29, 1.82) is 0 Å². The topological polar surface area (TPSA) is 80.4 Å². The Morgan fingerprint density at radius 1 is 1.09 bits per heavy atom. The Bertz CT molecular complexity index is 1130. The number of benzene rings is 1. The van der Waals surface area contributed by atoms with E-state index in [1.54, 1.807) is 17.0 Å². The molecule has 166 valence electrons. The van der Waals surface area contributed by atoms with Gasteiger partial charge in [0.1, 0.15) is 0 Å². The second kappa shape index (κ2) is 8.94. The van der Waals surface area contributed by atoms with Gasteiger partial charge in [0.2, 0.25) is 0 Å². The molecule has 1 saturated heterocycles. The molecule has 3 aromatic rings. The van der Waals surface area contributed by atoms with Crippen LogP contribution < -0.4 is 5.32 Å². The maximum atomic E-state index is 13.2. The largest absolute Gasteiger partial charge is 0.459 e. The summed E-state index contributed by atoms with van der Waals surface area (Å²) in [5.74, 6) is 0.145. The van der Waals surface area contributed by atoms with Crippen LogP contribution in [0.3, 0.4) is 0 Å². The zero-order valence-corrected chi connectivity index (χ0v) is 19.3. The van der Waals surface area contributed by atoms with E-state index >= 15 is 0 Å². The fraction of sp³-hybridized carbons (Fsp3) is 0.375. The molecule has 1 aliphatic heterocycles. The van der Waals surface area contributed by atoms with E-state index < -0.39 is 0 Å². The molecular weight excluding hydrogens is 472 g/mol. The van der Waals surface area contributed by atoms with Gasteiger partial charge in [-0.1, -0.05) is 22.0 Å². The van der Waals surface area contributed by atoms with Crippen LogP contribution in [-0.2, 0) is 12.8 Å². The number of carbonyl (C=O) groups is 2. The number of hydrogen-bond donors (Lipinski definition) is 1. The average Bonchev–Trinajstić information content (AvgIpc) is 3.48. The minimum atomic E-state index is -0.118. The van der Waals surface area contributed by atoms with E-state index in [1.165, 1.54) is 6.26 Å². The predicted molar refractivity (Wildman–Crippen MR) is 123 cm³/mol. The lowest BCUT2D eigenvalue weighted by molar-refractivity contribution is 0.0667. The van der Waals surface area contributed by atoms with Crippen LogP contribution in [0.4, 0.5) is 0 Å². The molecule has 1 N–H and O–H groups in total. The van der Waals surface area contributed by atoms with E-state index in [9.17, 15) is 9.59 Å². The first-order valence-corrected chi connectivity index (χ1v) is 11.9. The number of amides is 2. The first-order valence-electron chi connectivity index (χ1n) is 11.1. The minimum absolute atomic E-state index is 0.0263. The Hall–Kier alpha value is -2.87. The number of nitrogens with zero attached hydrogens (tertiary/aromatic N) is 3. The number of likely N-dealkylation sites (tertiary alicyclic amines) is 1. The van der Waals surface area contributed by atoms with Crippen molar-refractivity contribution < 1.29 is 14.0 Å². The third-order valence-corrected chi connectivity index (χ3v) is 6.79. The molecular formula is C24H25BrN4O3. The molecule has 0 saturated carbocycles. The highest BCUT2D eigenvalue weighted by molar-refractivity contribution is 9.10. The summed E-state index contributed by atoms with van der Waals surface area (Å²) < 4.78 is 8.13. The van der Waals surface area contributed by atoms with Crippen molar-refractivity contribution in [2.45, 2.75) is 44.6 Å². The number of rotatable bonds is 4. The Labute approximate surface area is 194 Å². The van der Waals surface area contributed by atoms with E-state index in [1.807, 2.05) is 28.9 Å². The number of aromatic nitrogens is 2. The van der Waals surface area contributed by atoms with Gasteiger partial charge in [0.05, 0.1) is 12.0 Å². The van der Waals surface area contributed by atoms with Crippen molar-refractivity contribution in [3.05, 3.63) is 69.8 Å². The van der Waals surface area contributed by atoms with Crippen LogP contribution in [0.15, 0.2) is 51.6 Å². The SMILES string of the molecule is O=C(NC1CCN(C(=O)c2ccco2)CC1)c1nn(-c2cccc(Br)c2)c2c1CCCC2. The molecule has 0 radical (unpaired) electrons. The van der Waals surface area contributed by atoms with Crippen LogP contribution in [0, 0.1) is 0 Å². The third-order valence-electron chi connectivity index (χ3n) is 6.30. The maximum absolute atomic E-state index is 13.2. The predicted octanol–water partition coefficient (Wildman–Crippen LogP) is 4.14. The van der Waals surface area contributed by atoms with Gasteiger partial charge in [-0.3, -0.25) is 9.59 Å². The number of furan rings is 1. The molecule has 5 rings (SSSR count). The Morgan fingerprint density at radius 3 is 2.66 bits per heavy atom. The second-order valence-electron chi connectivity index (χ2n) is 8.39. The lowest BCUT2D eigenvalue weighted by Gasteiger charge is -2.31. The minimum Gasteiger partial charge on any atom is -0.459 e. The number of nitrogens with one attached hydrogen (secondary N) is 1. The lowest BCUT2D eigenvalue weighted by Crippen LogP contribution is -2.46. The first-order chi connectivity index (χ1) is 15.6. The van der Waals surface area contributed by atoms with Crippen LogP contribution in [0.1, 0.15) is 58.0 Å². The van der Waals surface area contributed by atoms with Gasteiger partial charge >= 0.3 is 0 Å². The summed E-state index contributed by atoms with van der Waals surface area (Å²) in [7, 11) is 0. The fourth-order valence-electron chi connectivity index (χ4n) is 4.64. The van der Waals surface area contributed by atoms with Gasteiger partial charge < -0.3 is 14.6 Å². The summed E-state index contributed by atoms with van der Waals surface area (Å²) in [6.07, 6.45) is 6.92. The molecule has 1 aliphatic carbocycles. The van der Waals surface area contributed by atoms with Crippen molar-refractivity contribution >= 4 is 27.7 Å².